The second-order valence-corrected chi connectivity index (χ2v) is 3.70. The molecule has 0 fully saturated rings. The number of hydrogen-bond acceptors (Lipinski definition) is 1. The van der Waals surface area contributed by atoms with E-state index in [1.54, 1.807) is 6.08 Å². The summed E-state index contributed by atoms with van der Waals surface area (Å²) in [6.45, 7) is 3.95. The lowest BCUT2D eigenvalue weighted by molar-refractivity contribution is -0.118. The van der Waals surface area contributed by atoms with Crippen molar-refractivity contribution in [3.8, 4) is 0 Å². The van der Waals surface area contributed by atoms with Crippen LogP contribution in [0.15, 0.2) is 42.5 Å². The summed E-state index contributed by atoms with van der Waals surface area (Å²) in [6, 6.07) is 10.2. The number of allylic oxidation sites excluding steroid dienone is 2. The standard InChI is InChI=1S/C14H18O/c1-3-8-14(15)13(4-2)11-12-9-6-5-7-10-12/h3,5-10,13H,4,11H2,1-2H3/b8-3+/t13-/m0/s1. The van der Waals surface area contributed by atoms with Gasteiger partial charge in [0.25, 0.3) is 0 Å². The molecule has 0 spiro atoms. The summed E-state index contributed by atoms with van der Waals surface area (Å²) in [4.78, 5) is 11.7. The second-order valence-electron chi connectivity index (χ2n) is 3.70. The Labute approximate surface area is 91.8 Å². The maximum atomic E-state index is 11.7. The van der Waals surface area contributed by atoms with E-state index in [9.17, 15) is 4.79 Å². The van der Waals surface area contributed by atoms with E-state index in [0.29, 0.717) is 0 Å². The number of benzene rings is 1. The van der Waals surface area contributed by atoms with E-state index < -0.39 is 0 Å². The van der Waals surface area contributed by atoms with Crippen LogP contribution < -0.4 is 0 Å². The van der Waals surface area contributed by atoms with Crippen LogP contribution >= 0.6 is 0 Å². The van der Waals surface area contributed by atoms with Crippen LogP contribution in [0.25, 0.3) is 0 Å². The first-order valence-electron chi connectivity index (χ1n) is 5.48. The Bertz CT molecular complexity index is 324. The van der Waals surface area contributed by atoms with Crippen molar-refractivity contribution >= 4 is 5.78 Å². The molecule has 0 aromatic heterocycles. The van der Waals surface area contributed by atoms with Gasteiger partial charge in [-0.25, -0.2) is 0 Å². The maximum Gasteiger partial charge on any atom is 0.158 e. The zero-order valence-corrected chi connectivity index (χ0v) is 9.44. The van der Waals surface area contributed by atoms with Gasteiger partial charge in [0.05, 0.1) is 0 Å². The summed E-state index contributed by atoms with van der Waals surface area (Å²) < 4.78 is 0. The molecule has 80 valence electrons. The van der Waals surface area contributed by atoms with Crippen molar-refractivity contribution in [3.05, 3.63) is 48.0 Å². The summed E-state index contributed by atoms with van der Waals surface area (Å²) in [6.07, 6.45) is 5.24. The van der Waals surface area contributed by atoms with Crippen LogP contribution in [0.1, 0.15) is 25.8 Å². The van der Waals surface area contributed by atoms with E-state index in [-0.39, 0.29) is 11.7 Å². The van der Waals surface area contributed by atoms with Crippen LogP contribution in [0.5, 0.6) is 0 Å². The first-order valence-corrected chi connectivity index (χ1v) is 5.48. The van der Waals surface area contributed by atoms with E-state index in [1.807, 2.05) is 31.2 Å². The summed E-state index contributed by atoms with van der Waals surface area (Å²) in [5.74, 6) is 0.368. The molecule has 0 amide bonds. The van der Waals surface area contributed by atoms with Crippen LogP contribution in [-0.4, -0.2) is 5.78 Å². The van der Waals surface area contributed by atoms with Crippen molar-refractivity contribution < 1.29 is 4.79 Å². The van der Waals surface area contributed by atoms with E-state index >= 15 is 0 Å². The topological polar surface area (TPSA) is 17.1 Å². The molecule has 1 atom stereocenters. The van der Waals surface area contributed by atoms with Crippen molar-refractivity contribution in [3.63, 3.8) is 0 Å². The lowest BCUT2D eigenvalue weighted by Gasteiger charge is -2.11. The zero-order valence-electron chi connectivity index (χ0n) is 9.44. The summed E-state index contributed by atoms with van der Waals surface area (Å²) in [5.41, 5.74) is 1.24. The van der Waals surface area contributed by atoms with Gasteiger partial charge in [-0.2, -0.15) is 0 Å². The molecule has 0 N–H and O–H groups in total. The van der Waals surface area contributed by atoms with Crippen molar-refractivity contribution in [2.75, 3.05) is 0 Å². The predicted octanol–water partition coefficient (Wildman–Crippen LogP) is 3.40. The molecule has 1 aromatic carbocycles. The van der Waals surface area contributed by atoms with Crippen LogP contribution in [0.4, 0.5) is 0 Å². The van der Waals surface area contributed by atoms with Gasteiger partial charge < -0.3 is 0 Å². The molecular formula is C14H18O. The van der Waals surface area contributed by atoms with Crippen molar-refractivity contribution in [1.82, 2.24) is 0 Å². The normalized spacial score (nSPS) is 12.9. The third kappa shape index (κ3) is 3.70. The Hall–Kier alpha value is -1.37. The number of hydrogen-bond donors (Lipinski definition) is 0. The fraction of sp³-hybridized carbons (Fsp3) is 0.357. The van der Waals surface area contributed by atoms with Crippen LogP contribution in [0, 0.1) is 5.92 Å². The van der Waals surface area contributed by atoms with Gasteiger partial charge in [-0.05, 0) is 31.4 Å². The maximum absolute atomic E-state index is 11.7. The lowest BCUT2D eigenvalue weighted by Crippen LogP contribution is -2.13. The average Bonchev–Trinajstić information content (AvgIpc) is 2.27. The molecule has 0 aliphatic rings. The van der Waals surface area contributed by atoms with Gasteiger partial charge in [0, 0.05) is 5.92 Å². The third-order valence-corrected chi connectivity index (χ3v) is 2.55. The van der Waals surface area contributed by atoms with Gasteiger partial charge in [0.15, 0.2) is 5.78 Å². The highest BCUT2D eigenvalue weighted by Crippen LogP contribution is 2.13. The third-order valence-electron chi connectivity index (χ3n) is 2.55. The van der Waals surface area contributed by atoms with Crippen molar-refractivity contribution in [2.45, 2.75) is 26.7 Å². The Morgan fingerprint density at radius 3 is 2.53 bits per heavy atom. The van der Waals surface area contributed by atoms with Gasteiger partial charge >= 0.3 is 0 Å². The number of carbonyl (C=O) groups excluding carboxylic acids is 1. The van der Waals surface area contributed by atoms with Crippen molar-refractivity contribution in [2.24, 2.45) is 5.92 Å². The van der Waals surface area contributed by atoms with E-state index in [0.717, 1.165) is 12.8 Å². The minimum Gasteiger partial charge on any atom is -0.295 e. The monoisotopic (exact) mass is 202 g/mol. The average molecular weight is 202 g/mol. The lowest BCUT2D eigenvalue weighted by atomic mass is 9.93. The molecule has 15 heavy (non-hydrogen) atoms. The van der Waals surface area contributed by atoms with Gasteiger partial charge in [0.2, 0.25) is 0 Å². The number of carbonyl (C=O) groups is 1. The quantitative estimate of drug-likeness (QED) is 0.669. The Morgan fingerprint density at radius 1 is 1.33 bits per heavy atom. The van der Waals surface area contributed by atoms with E-state index in [4.69, 9.17) is 0 Å². The summed E-state index contributed by atoms with van der Waals surface area (Å²) in [5, 5.41) is 0. The fourth-order valence-electron chi connectivity index (χ4n) is 1.65. The molecule has 0 unspecified atom stereocenters. The Balaban J connectivity index is 2.66. The highest BCUT2D eigenvalue weighted by molar-refractivity contribution is 5.91. The van der Waals surface area contributed by atoms with Gasteiger partial charge in [0.1, 0.15) is 0 Å². The molecule has 1 nitrogen and oxygen atoms in total. The molecule has 0 saturated heterocycles. The van der Waals surface area contributed by atoms with Crippen molar-refractivity contribution in [1.29, 1.82) is 0 Å². The van der Waals surface area contributed by atoms with Crippen LogP contribution in [0.2, 0.25) is 0 Å². The molecule has 1 aromatic rings. The molecular weight excluding hydrogens is 184 g/mol. The van der Waals surface area contributed by atoms with Crippen LogP contribution in [0.3, 0.4) is 0 Å². The zero-order chi connectivity index (χ0) is 11.1. The molecule has 1 heteroatoms. The first kappa shape index (κ1) is 11.7. The fourth-order valence-corrected chi connectivity index (χ4v) is 1.65. The minimum absolute atomic E-state index is 0.128. The molecule has 0 aliphatic heterocycles. The second kappa shape index (κ2) is 6.18. The van der Waals surface area contributed by atoms with Crippen LogP contribution in [-0.2, 0) is 11.2 Å². The predicted molar refractivity (Wildman–Crippen MR) is 63.7 cm³/mol. The first-order chi connectivity index (χ1) is 7.27. The molecule has 0 radical (unpaired) electrons. The Kier molecular flexibility index (Phi) is 4.82. The summed E-state index contributed by atoms with van der Waals surface area (Å²) in [7, 11) is 0. The minimum atomic E-state index is 0.128. The summed E-state index contributed by atoms with van der Waals surface area (Å²) >= 11 is 0. The molecule has 0 heterocycles. The molecule has 0 aliphatic carbocycles. The van der Waals surface area contributed by atoms with Gasteiger partial charge in [-0.15, -0.1) is 0 Å². The number of rotatable bonds is 5. The van der Waals surface area contributed by atoms with E-state index in [1.165, 1.54) is 5.56 Å². The highest BCUT2D eigenvalue weighted by Gasteiger charge is 2.13. The van der Waals surface area contributed by atoms with Gasteiger partial charge in [-0.3, -0.25) is 4.79 Å². The van der Waals surface area contributed by atoms with Gasteiger partial charge in [-0.1, -0.05) is 43.3 Å². The SMILES string of the molecule is C/C=C/C(=O)[C@@H](CC)Cc1ccccc1. The molecule has 1 rings (SSSR count). The molecule has 0 bridgehead atoms. The number of ketones is 1. The van der Waals surface area contributed by atoms with E-state index in [2.05, 4.69) is 19.1 Å². The highest BCUT2D eigenvalue weighted by atomic mass is 16.1. The largest absolute Gasteiger partial charge is 0.295 e. The molecule has 0 saturated carbocycles. The Morgan fingerprint density at radius 2 is 2.00 bits per heavy atom. The smallest absolute Gasteiger partial charge is 0.158 e.